The van der Waals surface area contributed by atoms with Crippen LogP contribution in [0.15, 0.2) is 53.7 Å². The number of halogens is 1. The van der Waals surface area contributed by atoms with Crippen LogP contribution in [-0.4, -0.2) is 52.5 Å². The molecule has 5 rings (SSSR count). The number of nitrogens with zero attached hydrogens (tertiary/aromatic N) is 3. The molecule has 1 aliphatic heterocycles. The topological polar surface area (TPSA) is 130 Å². The van der Waals surface area contributed by atoms with E-state index in [4.69, 9.17) is 16.3 Å². The van der Waals surface area contributed by atoms with Gasteiger partial charge in [-0.3, -0.25) is 0 Å². The Bertz CT molecular complexity index is 1650. The quantitative estimate of drug-likeness (QED) is 0.193. The molecular formula is C28H33ClN6O4S. The zero-order chi connectivity index (χ0) is 28.6. The molecule has 0 bridgehead atoms. The lowest BCUT2D eigenvalue weighted by atomic mass is 10.2. The van der Waals surface area contributed by atoms with Crippen molar-refractivity contribution in [3.8, 4) is 11.6 Å². The summed E-state index contributed by atoms with van der Waals surface area (Å²) in [6, 6.07) is 10.5. The highest BCUT2D eigenvalue weighted by atomic mass is 35.5. The lowest BCUT2D eigenvalue weighted by Crippen LogP contribution is -2.15. The number of benzene rings is 2. The highest BCUT2D eigenvalue weighted by Gasteiger charge is 2.24. The number of hydrogen-bond donors (Lipinski definition) is 4. The Kier molecular flexibility index (Phi) is 7.80. The van der Waals surface area contributed by atoms with E-state index in [9.17, 15) is 13.5 Å². The maximum Gasteiger partial charge on any atom is 0.229 e. The molecule has 0 radical (unpaired) electrons. The Hall–Kier alpha value is -3.54. The van der Waals surface area contributed by atoms with E-state index >= 15 is 0 Å². The van der Waals surface area contributed by atoms with Gasteiger partial charge in [0.1, 0.15) is 10.8 Å². The maximum atomic E-state index is 12.9. The van der Waals surface area contributed by atoms with Crippen LogP contribution < -0.4 is 20.7 Å². The van der Waals surface area contributed by atoms with Crippen LogP contribution in [0.4, 0.5) is 23.1 Å². The second kappa shape index (κ2) is 11.1. The molecule has 1 aliphatic rings. The molecule has 0 spiro atoms. The van der Waals surface area contributed by atoms with Crippen molar-refractivity contribution in [2.45, 2.75) is 56.4 Å². The van der Waals surface area contributed by atoms with E-state index in [0.717, 1.165) is 24.9 Å². The van der Waals surface area contributed by atoms with E-state index < -0.39 is 15.1 Å². The molecular weight excluding hydrogens is 552 g/mol. The molecule has 0 saturated carbocycles. The van der Waals surface area contributed by atoms with E-state index in [0.29, 0.717) is 22.5 Å². The summed E-state index contributed by atoms with van der Waals surface area (Å²) in [4.78, 5) is 9.01. The normalized spacial score (nSPS) is 15.7. The van der Waals surface area contributed by atoms with Crippen molar-refractivity contribution in [3.05, 3.63) is 53.8 Å². The van der Waals surface area contributed by atoms with Crippen LogP contribution in [0, 0.1) is 0 Å². The molecule has 1 atom stereocenters. The van der Waals surface area contributed by atoms with Gasteiger partial charge in [0.15, 0.2) is 21.5 Å². The van der Waals surface area contributed by atoms with Gasteiger partial charge < -0.3 is 30.4 Å². The van der Waals surface area contributed by atoms with Gasteiger partial charge in [-0.2, -0.15) is 4.98 Å². The smallest absolute Gasteiger partial charge is 0.229 e. The fourth-order valence-corrected chi connectivity index (χ4v) is 6.03. The van der Waals surface area contributed by atoms with Crippen LogP contribution in [0.3, 0.4) is 0 Å². The summed E-state index contributed by atoms with van der Waals surface area (Å²) in [6.45, 7) is 8.84. The fourth-order valence-electron chi connectivity index (χ4n) is 4.69. The van der Waals surface area contributed by atoms with E-state index in [1.807, 2.05) is 36.7 Å². The summed E-state index contributed by atoms with van der Waals surface area (Å²) >= 11 is 6.41. The van der Waals surface area contributed by atoms with Crippen molar-refractivity contribution < 1.29 is 18.3 Å². The van der Waals surface area contributed by atoms with Gasteiger partial charge in [-0.05, 0) is 64.9 Å². The van der Waals surface area contributed by atoms with E-state index in [2.05, 4.69) is 25.9 Å². The van der Waals surface area contributed by atoms with Gasteiger partial charge in [0, 0.05) is 23.5 Å². The van der Waals surface area contributed by atoms with E-state index in [1.54, 1.807) is 38.1 Å². The van der Waals surface area contributed by atoms with Crippen LogP contribution >= 0.6 is 11.6 Å². The minimum atomic E-state index is -3.56. The van der Waals surface area contributed by atoms with E-state index in [1.165, 1.54) is 6.20 Å². The summed E-state index contributed by atoms with van der Waals surface area (Å²) in [5, 5.41) is 21.8. The second-order valence-corrected chi connectivity index (χ2v) is 13.2. The number of aromatic nitrogens is 3. The van der Waals surface area contributed by atoms with Crippen molar-refractivity contribution in [2.75, 3.05) is 23.7 Å². The number of fused-ring (bicyclic) bond motifs is 1. The highest BCUT2D eigenvalue weighted by Crippen LogP contribution is 2.40. The molecule has 3 heterocycles. The number of para-hydroxylation sites is 1. The Balaban J connectivity index is 1.51. The first-order valence-electron chi connectivity index (χ1n) is 13.2. The van der Waals surface area contributed by atoms with Crippen molar-refractivity contribution in [1.82, 2.24) is 19.9 Å². The molecule has 4 N–H and O–H groups in total. The Morgan fingerprint density at radius 2 is 1.93 bits per heavy atom. The molecule has 4 aromatic rings. The Morgan fingerprint density at radius 1 is 1.15 bits per heavy atom. The number of sulfone groups is 1. The first kappa shape index (κ1) is 28.0. The lowest BCUT2D eigenvalue weighted by Gasteiger charge is -2.17. The summed E-state index contributed by atoms with van der Waals surface area (Å²) in [7, 11) is -3.56. The van der Waals surface area contributed by atoms with Crippen LogP contribution in [0.1, 0.15) is 40.2 Å². The maximum absolute atomic E-state index is 12.9. The average Bonchev–Trinajstić information content (AvgIpc) is 3.54. The number of ether oxygens (including phenoxy) is 1. The molecule has 40 heavy (non-hydrogen) atoms. The van der Waals surface area contributed by atoms with Gasteiger partial charge in [0.25, 0.3) is 0 Å². The third-order valence-corrected chi connectivity index (χ3v) is 9.25. The number of rotatable bonds is 9. The molecule has 212 valence electrons. The van der Waals surface area contributed by atoms with Gasteiger partial charge >= 0.3 is 0 Å². The minimum absolute atomic E-state index is 0.101. The predicted octanol–water partition coefficient (Wildman–Crippen LogP) is 5.78. The highest BCUT2D eigenvalue weighted by molar-refractivity contribution is 7.92. The monoisotopic (exact) mass is 584 g/mol. The molecule has 1 saturated heterocycles. The van der Waals surface area contributed by atoms with Gasteiger partial charge in [0.05, 0.1) is 39.9 Å². The molecule has 10 nitrogen and oxygen atoms in total. The van der Waals surface area contributed by atoms with Crippen molar-refractivity contribution >= 4 is 55.4 Å². The largest absolute Gasteiger partial charge is 0.494 e. The standard InChI is InChI=1S/C28H33ClN6O4S/c1-16(2)39-24-11-18-15-35(19-9-10-30-13-19)27(36)20(18)12-23(24)33-28-31-14-21(29)26(34-28)32-22-7-5-6-8-25(22)40(37,38)17(3)4/h5-8,11-12,14-17,19,30,36H,9-10,13H2,1-4H3,(H2,31,32,33,34)/t19-/m1/s1. The van der Waals surface area contributed by atoms with Crippen LogP contribution in [0.2, 0.25) is 5.02 Å². The predicted molar refractivity (Wildman–Crippen MR) is 158 cm³/mol. The summed E-state index contributed by atoms with van der Waals surface area (Å²) in [5.74, 6) is 1.21. The van der Waals surface area contributed by atoms with Crippen LogP contribution in [0.25, 0.3) is 10.8 Å². The van der Waals surface area contributed by atoms with E-state index in [-0.39, 0.29) is 39.7 Å². The van der Waals surface area contributed by atoms with Gasteiger partial charge in [-0.25, -0.2) is 13.4 Å². The summed E-state index contributed by atoms with van der Waals surface area (Å²) in [6.07, 6.45) is 4.21. The molecule has 0 aliphatic carbocycles. The number of hydrogen-bond acceptors (Lipinski definition) is 9. The third kappa shape index (κ3) is 5.54. The molecule has 1 fully saturated rings. The number of anilines is 4. The number of nitrogens with one attached hydrogen (secondary N) is 3. The van der Waals surface area contributed by atoms with Gasteiger partial charge in [0.2, 0.25) is 5.95 Å². The molecule has 0 amide bonds. The van der Waals surface area contributed by atoms with Crippen molar-refractivity contribution in [3.63, 3.8) is 0 Å². The Labute approximate surface area is 238 Å². The van der Waals surface area contributed by atoms with Crippen molar-refractivity contribution in [1.29, 1.82) is 0 Å². The molecule has 2 aromatic heterocycles. The first-order chi connectivity index (χ1) is 19.0. The average molecular weight is 585 g/mol. The first-order valence-corrected chi connectivity index (χ1v) is 15.1. The summed E-state index contributed by atoms with van der Waals surface area (Å²) in [5.41, 5.74) is 0.926. The van der Waals surface area contributed by atoms with Gasteiger partial charge in [-0.15, -0.1) is 0 Å². The van der Waals surface area contributed by atoms with Gasteiger partial charge in [-0.1, -0.05) is 23.7 Å². The zero-order valence-electron chi connectivity index (χ0n) is 22.8. The van der Waals surface area contributed by atoms with Crippen LogP contribution in [-0.2, 0) is 9.84 Å². The minimum Gasteiger partial charge on any atom is -0.494 e. The fraction of sp³-hybridized carbons (Fsp3) is 0.357. The lowest BCUT2D eigenvalue weighted by molar-refractivity contribution is 0.244. The second-order valence-electron chi connectivity index (χ2n) is 10.3. The Morgan fingerprint density at radius 3 is 2.62 bits per heavy atom. The molecule has 12 heteroatoms. The van der Waals surface area contributed by atoms with Crippen molar-refractivity contribution in [2.24, 2.45) is 0 Å². The SMILES string of the molecule is CC(C)Oc1cc2cn([C@@H]3CCNC3)c(O)c2cc1Nc1ncc(Cl)c(Nc2ccccc2S(=O)(=O)C(C)C)n1. The zero-order valence-corrected chi connectivity index (χ0v) is 24.3. The molecule has 2 aromatic carbocycles. The molecule has 0 unspecified atom stereocenters. The third-order valence-electron chi connectivity index (χ3n) is 6.76. The van der Waals surface area contributed by atoms with Crippen LogP contribution in [0.5, 0.6) is 11.6 Å². The summed E-state index contributed by atoms with van der Waals surface area (Å²) < 4.78 is 33.8. The number of aromatic hydroxyl groups is 1.